The van der Waals surface area contributed by atoms with Crippen LogP contribution in [-0.4, -0.2) is 11.3 Å². The lowest BCUT2D eigenvalue weighted by molar-refractivity contribution is -0.189. The highest BCUT2D eigenvalue weighted by molar-refractivity contribution is 7.10. The number of hydrogen-bond acceptors (Lipinski definition) is 2. The van der Waals surface area contributed by atoms with Crippen LogP contribution in [0.1, 0.15) is 42.2 Å². The molecule has 18 heavy (non-hydrogen) atoms. The Hall–Kier alpha value is -0.550. The second kappa shape index (κ2) is 5.21. The molecule has 0 saturated heterocycles. The summed E-state index contributed by atoms with van der Waals surface area (Å²) in [5, 5.41) is 12.0. The fourth-order valence-electron chi connectivity index (χ4n) is 2.70. The number of rotatable bonds is 2. The highest BCUT2D eigenvalue weighted by Gasteiger charge is 2.43. The maximum Gasteiger partial charge on any atom is 0.391 e. The minimum absolute atomic E-state index is 0.0551. The van der Waals surface area contributed by atoms with Crippen LogP contribution in [0.15, 0.2) is 11.4 Å². The molecule has 5 heteroatoms. The van der Waals surface area contributed by atoms with Crippen LogP contribution < -0.4 is 0 Å². The van der Waals surface area contributed by atoms with Crippen LogP contribution in [0.2, 0.25) is 0 Å². The van der Waals surface area contributed by atoms with Gasteiger partial charge in [0.25, 0.3) is 0 Å². The molecule has 0 radical (unpaired) electrons. The fourth-order valence-corrected chi connectivity index (χ4v) is 3.44. The Morgan fingerprint density at radius 3 is 2.67 bits per heavy atom. The quantitative estimate of drug-likeness (QED) is 0.847. The summed E-state index contributed by atoms with van der Waals surface area (Å²) in [6.45, 7) is 1.93. The zero-order valence-corrected chi connectivity index (χ0v) is 11.0. The van der Waals surface area contributed by atoms with Crippen molar-refractivity contribution in [1.29, 1.82) is 0 Å². The first-order chi connectivity index (χ1) is 8.38. The standard InChI is InChI=1S/C13H17F3OS/c1-8-5-10(7-18-8)12(17)9-3-2-4-11(6-9)13(14,15)16/h5,7,9,11-12,17H,2-4,6H2,1H3. The predicted octanol–water partition coefficient (Wildman–Crippen LogP) is 4.46. The van der Waals surface area contributed by atoms with Crippen molar-refractivity contribution in [3.8, 4) is 0 Å². The van der Waals surface area contributed by atoms with Gasteiger partial charge in [-0.2, -0.15) is 13.2 Å². The van der Waals surface area contributed by atoms with E-state index in [0.29, 0.717) is 12.8 Å². The summed E-state index contributed by atoms with van der Waals surface area (Å²) in [5.41, 5.74) is 0.769. The lowest BCUT2D eigenvalue weighted by Gasteiger charge is -2.33. The molecule has 0 spiro atoms. The van der Waals surface area contributed by atoms with E-state index in [4.69, 9.17) is 0 Å². The summed E-state index contributed by atoms with van der Waals surface area (Å²) < 4.78 is 38.1. The van der Waals surface area contributed by atoms with Gasteiger partial charge in [0.15, 0.2) is 0 Å². The summed E-state index contributed by atoms with van der Waals surface area (Å²) in [7, 11) is 0. The van der Waals surface area contributed by atoms with Gasteiger partial charge in [0.1, 0.15) is 0 Å². The Balaban J connectivity index is 2.05. The Kier molecular flexibility index (Phi) is 4.02. The largest absolute Gasteiger partial charge is 0.391 e. The number of aryl methyl sites for hydroxylation is 1. The third-order valence-corrected chi connectivity index (χ3v) is 4.60. The van der Waals surface area contributed by atoms with E-state index in [1.165, 1.54) is 11.3 Å². The van der Waals surface area contributed by atoms with Crippen molar-refractivity contribution in [3.05, 3.63) is 21.9 Å². The van der Waals surface area contributed by atoms with Gasteiger partial charge >= 0.3 is 6.18 Å². The molecule has 1 N–H and O–H groups in total. The van der Waals surface area contributed by atoms with Gasteiger partial charge in [-0.25, -0.2) is 0 Å². The fraction of sp³-hybridized carbons (Fsp3) is 0.692. The highest BCUT2D eigenvalue weighted by Crippen LogP contribution is 2.44. The first-order valence-corrected chi connectivity index (χ1v) is 7.05. The van der Waals surface area contributed by atoms with Crippen LogP contribution in [0, 0.1) is 18.8 Å². The van der Waals surface area contributed by atoms with E-state index in [-0.39, 0.29) is 18.8 Å². The van der Waals surface area contributed by atoms with E-state index in [1.54, 1.807) is 0 Å². The molecule has 0 amide bonds. The van der Waals surface area contributed by atoms with Crippen molar-refractivity contribution >= 4 is 11.3 Å². The molecule has 1 aromatic rings. The first kappa shape index (κ1) is 13.9. The van der Waals surface area contributed by atoms with Crippen molar-refractivity contribution in [2.45, 2.75) is 44.9 Å². The molecule has 0 bridgehead atoms. The molecule has 1 saturated carbocycles. The zero-order valence-electron chi connectivity index (χ0n) is 10.2. The van der Waals surface area contributed by atoms with Crippen LogP contribution in [0.4, 0.5) is 13.2 Å². The average Bonchev–Trinajstić information content (AvgIpc) is 2.74. The molecule has 0 aliphatic heterocycles. The molecule has 102 valence electrons. The van der Waals surface area contributed by atoms with Gasteiger partial charge in [-0.15, -0.1) is 11.3 Å². The van der Waals surface area contributed by atoms with Crippen molar-refractivity contribution in [3.63, 3.8) is 0 Å². The summed E-state index contributed by atoms with van der Waals surface area (Å²) >= 11 is 1.52. The topological polar surface area (TPSA) is 20.2 Å². The molecule has 1 fully saturated rings. The first-order valence-electron chi connectivity index (χ1n) is 6.17. The Morgan fingerprint density at radius 1 is 1.39 bits per heavy atom. The van der Waals surface area contributed by atoms with Gasteiger partial charge in [0.2, 0.25) is 0 Å². The van der Waals surface area contributed by atoms with Crippen LogP contribution in [0.3, 0.4) is 0 Å². The van der Waals surface area contributed by atoms with Crippen molar-refractivity contribution in [2.24, 2.45) is 11.8 Å². The molecular formula is C13H17F3OS. The third kappa shape index (κ3) is 3.06. The molecule has 3 unspecified atom stereocenters. The lowest BCUT2D eigenvalue weighted by Crippen LogP contribution is -2.30. The number of thiophene rings is 1. The SMILES string of the molecule is Cc1cc(C(O)C2CCCC(C(F)(F)F)C2)cs1. The number of aliphatic hydroxyl groups is 1. The minimum Gasteiger partial charge on any atom is -0.388 e. The van der Waals surface area contributed by atoms with Gasteiger partial charge in [0.05, 0.1) is 12.0 Å². The number of halogens is 3. The second-order valence-electron chi connectivity index (χ2n) is 5.10. The van der Waals surface area contributed by atoms with Crippen LogP contribution in [0.25, 0.3) is 0 Å². The van der Waals surface area contributed by atoms with E-state index in [9.17, 15) is 18.3 Å². The molecule has 1 aliphatic rings. The molecule has 2 rings (SSSR count). The molecule has 3 atom stereocenters. The van der Waals surface area contributed by atoms with E-state index in [1.807, 2.05) is 18.4 Å². The zero-order chi connectivity index (χ0) is 13.3. The van der Waals surface area contributed by atoms with Gasteiger partial charge in [0, 0.05) is 4.88 Å². The van der Waals surface area contributed by atoms with E-state index in [0.717, 1.165) is 10.4 Å². The van der Waals surface area contributed by atoms with Crippen molar-refractivity contribution < 1.29 is 18.3 Å². The van der Waals surface area contributed by atoms with Gasteiger partial charge in [-0.1, -0.05) is 6.42 Å². The number of aliphatic hydroxyl groups excluding tert-OH is 1. The van der Waals surface area contributed by atoms with Gasteiger partial charge in [-0.05, 0) is 49.1 Å². The molecule has 1 aromatic heterocycles. The molecule has 1 aliphatic carbocycles. The van der Waals surface area contributed by atoms with E-state index >= 15 is 0 Å². The smallest absolute Gasteiger partial charge is 0.388 e. The Morgan fingerprint density at radius 2 is 2.11 bits per heavy atom. The van der Waals surface area contributed by atoms with Gasteiger partial charge in [-0.3, -0.25) is 0 Å². The summed E-state index contributed by atoms with van der Waals surface area (Å²) in [5.74, 6) is -1.51. The third-order valence-electron chi connectivity index (χ3n) is 3.72. The second-order valence-corrected chi connectivity index (χ2v) is 6.22. The summed E-state index contributed by atoms with van der Waals surface area (Å²) in [4.78, 5) is 1.08. The number of alkyl halides is 3. The summed E-state index contributed by atoms with van der Waals surface area (Å²) in [6.07, 6.45) is -3.38. The maximum absolute atomic E-state index is 12.7. The molecule has 0 aromatic carbocycles. The van der Waals surface area contributed by atoms with Crippen LogP contribution >= 0.6 is 11.3 Å². The van der Waals surface area contributed by atoms with Crippen LogP contribution in [-0.2, 0) is 0 Å². The molecular weight excluding hydrogens is 261 g/mol. The Labute approximate surface area is 109 Å². The van der Waals surface area contributed by atoms with Gasteiger partial charge < -0.3 is 5.11 Å². The average molecular weight is 278 g/mol. The summed E-state index contributed by atoms with van der Waals surface area (Å²) in [6, 6.07) is 1.87. The minimum atomic E-state index is -4.12. The maximum atomic E-state index is 12.7. The van der Waals surface area contributed by atoms with Crippen molar-refractivity contribution in [1.82, 2.24) is 0 Å². The lowest BCUT2D eigenvalue weighted by atomic mass is 9.77. The highest BCUT2D eigenvalue weighted by atomic mass is 32.1. The molecule has 1 heterocycles. The predicted molar refractivity (Wildman–Crippen MR) is 65.5 cm³/mol. The number of hydrogen-bond donors (Lipinski definition) is 1. The van der Waals surface area contributed by atoms with E-state index in [2.05, 4.69) is 0 Å². The van der Waals surface area contributed by atoms with E-state index < -0.39 is 18.2 Å². The molecule has 1 nitrogen and oxygen atoms in total. The Bertz CT molecular complexity index is 399. The normalized spacial score (nSPS) is 27.2. The monoisotopic (exact) mass is 278 g/mol. The van der Waals surface area contributed by atoms with Crippen LogP contribution in [0.5, 0.6) is 0 Å². The van der Waals surface area contributed by atoms with Crippen molar-refractivity contribution in [2.75, 3.05) is 0 Å².